The molecule has 20 heavy (non-hydrogen) atoms. The number of nitrogens with zero attached hydrogens (tertiary/aromatic N) is 2. The molecule has 1 heterocycles. The monoisotopic (exact) mass is 332 g/mol. The van der Waals surface area contributed by atoms with Crippen molar-refractivity contribution in [2.24, 2.45) is 0 Å². The Morgan fingerprint density at radius 1 is 1.00 bits per heavy atom. The van der Waals surface area contributed by atoms with E-state index in [0.717, 1.165) is 23.3 Å². The Labute approximate surface area is 130 Å². The second-order valence-corrected chi connectivity index (χ2v) is 5.99. The molecule has 1 aromatic heterocycles. The molecule has 106 valence electrons. The fourth-order valence-corrected chi connectivity index (χ4v) is 2.40. The maximum Gasteiger partial charge on any atom is 0.128 e. The molecule has 0 aliphatic carbocycles. The standard InChI is InChI=1S/C17H21BrN2/c1-3-4-14-5-7-15(8-6-14)11-12-20(2)17-10-9-16(18)13-19-17/h5-10,13H,3-4,11-12H2,1-2H3. The molecule has 0 atom stereocenters. The minimum absolute atomic E-state index is 0.974. The van der Waals surface area contributed by atoms with Crippen molar-refractivity contribution < 1.29 is 0 Å². The molecule has 2 nitrogen and oxygen atoms in total. The number of halogens is 1. The Morgan fingerprint density at radius 2 is 1.65 bits per heavy atom. The lowest BCUT2D eigenvalue weighted by atomic mass is 10.1. The first-order valence-electron chi connectivity index (χ1n) is 7.09. The third kappa shape index (κ3) is 4.34. The van der Waals surface area contributed by atoms with E-state index in [1.54, 1.807) is 0 Å². The molecule has 0 aliphatic heterocycles. The van der Waals surface area contributed by atoms with Gasteiger partial charge in [0, 0.05) is 24.3 Å². The van der Waals surface area contributed by atoms with Gasteiger partial charge in [-0.1, -0.05) is 37.6 Å². The molecule has 0 aliphatic rings. The van der Waals surface area contributed by atoms with Crippen molar-refractivity contribution in [2.45, 2.75) is 26.2 Å². The zero-order valence-corrected chi connectivity index (χ0v) is 13.7. The first kappa shape index (κ1) is 15.0. The maximum atomic E-state index is 4.41. The molecular formula is C17H21BrN2. The van der Waals surface area contributed by atoms with Gasteiger partial charge in [0.15, 0.2) is 0 Å². The van der Waals surface area contributed by atoms with Crippen molar-refractivity contribution in [3.8, 4) is 0 Å². The van der Waals surface area contributed by atoms with Crippen LogP contribution in [0.5, 0.6) is 0 Å². The lowest BCUT2D eigenvalue weighted by molar-refractivity contribution is 0.857. The molecule has 0 bridgehead atoms. The van der Waals surface area contributed by atoms with E-state index in [9.17, 15) is 0 Å². The van der Waals surface area contributed by atoms with Crippen molar-refractivity contribution in [3.63, 3.8) is 0 Å². The summed E-state index contributed by atoms with van der Waals surface area (Å²) in [6.07, 6.45) is 5.26. The van der Waals surface area contributed by atoms with Crippen molar-refractivity contribution in [3.05, 3.63) is 58.2 Å². The molecule has 0 amide bonds. The zero-order valence-electron chi connectivity index (χ0n) is 12.1. The summed E-state index contributed by atoms with van der Waals surface area (Å²) in [7, 11) is 2.09. The first-order chi connectivity index (χ1) is 9.69. The molecule has 0 saturated heterocycles. The summed E-state index contributed by atoms with van der Waals surface area (Å²) in [4.78, 5) is 6.59. The van der Waals surface area contributed by atoms with Crippen LogP contribution in [0.2, 0.25) is 0 Å². The largest absolute Gasteiger partial charge is 0.359 e. The van der Waals surface area contributed by atoms with Crippen LogP contribution in [0.4, 0.5) is 5.82 Å². The van der Waals surface area contributed by atoms with E-state index >= 15 is 0 Å². The number of pyridine rings is 1. The van der Waals surface area contributed by atoms with Gasteiger partial charge in [-0.3, -0.25) is 0 Å². The number of likely N-dealkylation sites (N-methyl/N-ethyl adjacent to an activating group) is 1. The van der Waals surface area contributed by atoms with Gasteiger partial charge < -0.3 is 4.90 Å². The molecule has 1 aromatic carbocycles. The zero-order chi connectivity index (χ0) is 14.4. The minimum Gasteiger partial charge on any atom is -0.359 e. The third-order valence-electron chi connectivity index (χ3n) is 3.40. The summed E-state index contributed by atoms with van der Waals surface area (Å²) in [6, 6.07) is 13.0. The predicted molar refractivity (Wildman–Crippen MR) is 89.3 cm³/mol. The van der Waals surface area contributed by atoms with Gasteiger partial charge in [-0.05, 0) is 52.0 Å². The van der Waals surface area contributed by atoms with Crippen LogP contribution in [0.15, 0.2) is 47.1 Å². The topological polar surface area (TPSA) is 16.1 Å². The fourth-order valence-electron chi connectivity index (χ4n) is 2.17. The second-order valence-electron chi connectivity index (χ2n) is 5.07. The number of anilines is 1. The highest BCUT2D eigenvalue weighted by Gasteiger charge is 2.03. The van der Waals surface area contributed by atoms with E-state index in [0.29, 0.717) is 0 Å². The maximum absolute atomic E-state index is 4.41. The average molecular weight is 333 g/mol. The highest BCUT2D eigenvalue weighted by atomic mass is 79.9. The summed E-state index contributed by atoms with van der Waals surface area (Å²) in [6.45, 7) is 3.19. The SMILES string of the molecule is CCCc1ccc(CCN(C)c2ccc(Br)cn2)cc1. The van der Waals surface area contributed by atoms with Crippen LogP contribution in [0.25, 0.3) is 0 Å². The fraction of sp³-hybridized carbons (Fsp3) is 0.353. The highest BCUT2D eigenvalue weighted by molar-refractivity contribution is 9.10. The van der Waals surface area contributed by atoms with Gasteiger partial charge in [0.1, 0.15) is 5.82 Å². The van der Waals surface area contributed by atoms with Crippen LogP contribution in [0.1, 0.15) is 24.5 Å². The van der Waals surface area contributed by atoms with Gasteiger partial charge in [0.05, 0.1) is 0 Å². The van der Waals surface area contributed by atoms with Crippen molar-refractivity contribution in [1.82, 2.24) is 4.98 Å². The number of hydrogen-bond donors (Lipinski definition) is 0. The van der Waals surface area contributed by atoms with E-state index in [2.05, 4.69) is 64.1 Å². The number of rotatable bonds is 6. The highest BCUT2D eigenvalue weighted by Crippen LogP contribution is 2.14. The Bertz CT molecular complexity index is 520. The molecule has 0 saturated carbocycles. The Kier molecular flexibility index (Phi) is 5.60. The second kappa shape index (κ2) is 7.44. The summed E-state index contributed by atoms with van der Waals surface area (Å²) in [5, 5.41) is 0. The van der Waals surface area contributed by atoms with Gasteiger partial charge in [0.2, 0.25) is 0 Å². The van der Waals surface area contributed by atoms with Crippen LogP contribution in [-0.4, -0.2) is 18.6 Å². The third-order valence-corrected chi connectivity index (χ3v) is 3.87. The molecule has 3 heteroatoms. The summed E-state index contributed by atoms with van der Waals surface area (Å²) in [5.41, 5.74) is 2.81. The van der Waals surface area contributed by atoms with Gasteiger partial charge in [-0.25, -0.2) is 4.98 Å². The number of aromatic nitrogens is 1. The Balaban J connectivity index is 1.89. The van der Waals surface area contributed by atoms with Crippen LogP contribution in [0.3, 0.4) is 0 Å². The Hall–Kier alpha value is -1.35. The summed E-state index contributed by atoms with van der Waals surface area (Å²) < 4.78 is 1.01. The number of benzene rings is 1. The van der Waals surface area contributed by atoms with E-state index in [1.807, 2.05) is 18.3 Å². The van der Waals surface area contributed by atoms with E-state index in [1.165, 1.54) is 24.0 Å². The van der Waals surface area contributed by atoms with Crippen LogP contribution in [-0.2, 0) is 12.8 Å². The van der Waals surface area contributed by atoms with E-state index in [-0.39, 0.29) is 0 Å². The summed E-state index contributed by atoms with van der Waals surface area (Å²) in [5.74, 6) is 1.01. The molecule has 0 fully saturated rings. The molecule has 0 spiro atoms. The van der Waals surface area contributed by atoms with E-state index in [4.69, 9.17) is 0 Å². The lowest BCUT2D eigenvalue weighted by Gasteiger charge is -2.18. The first-order valence-corrected chi connectivity index (χ1v) is 7.89. The molecule has 0 N–H and O–H groups in total. The van der Waals surface area contributed by atoms with Crippen molar-refractivity contribution in [1.29, 1.82) is 0 Å². The van der Waals surface area contributed by atoms with Gasteiger partial charge >= 0.3 is 0 Å². The molecule has 0 unspecified atom stereocenters. The van der Waals surface area contributed by atoms with E-state index < -0.39 is 0 Å². The lowest BCUT2D eigenvalue weighted by Crippen LogP contribution is -2.21. The molecule has 2 aromatic rings. The average Bonchev–Trinajstić information content (AvgIpc) is 2.47. The summed E-state index contributed by atoms with van der Waals surface area (Å²) >= 11 is 3.41. The van der Waals surface area contributed by atoms with Gasteiger partial charge in [-0.2, -0.15) is 0 Å². The van der Waals surface area contributed by atoms with Gasteiger partial charge in [0.25, 0.3) is 0 Å². The normalized spacial score (nSPS) is 10.6. The quantitative estimate of drug-likeness (QED) is 0.775. The molecular weight excluding hydrogens is 312 g/mol. The smallest absolute Gasteiger partial charge is 0.128 e. The van der Waals surface area contributed by atoms with Crippen LogP contribution >= 0.6 is 15.9 Å². The Morgan fingerprint density at radius 3 is 2.20 bits per heavy atom. The molecule has 2 rings (SSSR count). The number of hydrogen-bond acceptors (Lipinski definition) is 2. The number of aryl methyl sites for hydroxylation is 1. The van der Waals surface area contributed by atoms with Crippen LogP contribution in [0, 0.1) is 0 Å². The minimum atomic E-state index is 0.974. The predicted octanol–water partition coefficient (Wildman–Crippen LogP) is 4.48. The van der Waals surface area contributed by atoms with Crippen molar-refractivity contribution in [2.75, 3.05) is 18.5 Å². The molecule has 0 radical (unpaired) electrons. The van der Waals surface area contributed by atoms with Crippen molar-refractivity contribution >= 4 is 21.7 Å². The van der Waals surface area contributed by atoms with Crippen LogP contribution < -0.4 is 4.90 Å². The van der Waals surface area contributed by atoms with Gasteiger partial charge in [-0.15, -0.1) is 0 Å².